The molecule has 0 aliphatic carbocycles. The fraction of sp³-hybridized carbons (Fsp3) is 0.425. The number of likely N-dealkylation sites (tertiary alicyclic amines) is 1. The first-order valence-corrected chi connectivity index (χ1v) is 18.0. The minimum atomic E-state index is -0.845. The molecule has 3 aliphatic heterocycles. The molecule has 3 unspecified atom stereocenters. The van der Waals surface area contributed by atoms with Crippen LogP contribution in [0.25, 0.3) is 10.8 Å². The van der Waals surface area contributed by atoms with Gasteiger partial charge in [0.05, 0.1) is 29.2 Å². The maximum absolute atomic E-state index is 15.2. The molecule has 3 aromatic carbocycles. The Morgan fingerprint density at radius 3 is 2.35 bits per heavy atom. The van der Waals surface area contributed by atoms with E-state index in [0.29, 0.717) is 19.5 Å². The van der Waals surface area contributed by atoms with Crippen molar-refractivity contribution in [3.63, 3.8) is 0 Å². The smallest absolute Gasteiger partial charge is 0.251 e. The van der Waals surface area contributed by atoms with Gasteiger partial charge in [0, 0.05) is 30.6 Å². The number of nitrogens with zero attached hydrogens (tertiary/aromatic N) is 3. The van der Waals surface area contributed by atoms with Crippen molar-refractivity contribution in [3.05, 3.63) is 104 Å². The molecule has 3 fully saturated rings. The monoisotopic (exact) mass is 665 g/mol. The molecule has 48 heavy (non-hydrogen) atoms. The molecule has 0 saturated carbocycles. The molecule has 3 saturated heterocycles. The second-order valence-corrected chi connectivity index (χ2v) is 15.6. The van der Waals surface area contributed by atoms with Crippen LogP contribution in [0, 0.1) is 23.7 Å². The van der Waals surface area contributed by atoms with Crippen molar-refractivity contribution in [2.24, 2.45) is 23.7 Å². The molecule has 0 aromatic heterocycles. The first-order chi connectivity index (χ1) is 23.2. The van der Waals surface area contributed by atoms with Crippen molar-refractivity contribution in [2.75, 3.05) is 24.6 Å². The van der Waals surface area contributed by atoms with E-state index < -0.39 is 28.7 Å². The van der Waals surface area contributed by atoms with Gasteiger partial charge in [-0.3, -0.25) is 14.4 Å². The lowest BCUT2D eigenvalue weighted by Crippen LogP contribution is -2.59. The molecular formula is C40H47N3O4S. The van der Waals surface area contributed by atoms with Gasteiger partial charge in [0.2, 0.25) is 11.8 Å². The van der Waals surface area contributed by atoms with Crippen LogP contribution in [0.15, 0.2) is 98.1 Å². The predicted molar refractivity (Wildman–Crippen MR) is 194 cm³/mol. The first-order valence-electron chi connectivity index (χ1n) is 17.1. The Hall–Kier alpha value is -3.88. The van der Waals surface area contributed by atoms with E-state index in [2.05, 4.69) is 33.9 Å². The summed E-state index contributed by atoms with van der Waals surface area (Å²) in [4.78, 5) is 50.1. The summed E-state index contributed by atoms with van der Waals surface area (Å²) in [7, 11) is 0. The van der Waals surface area contributed by atoms with Gasteiger partial charge >= 0.3 is 0 Å². The van der Waals surface area contributed by atoms with Crippen LogP contribution >= 0.6 is 11.8 Å². The molecule has 7 nitrogen and oxygen atoms in total. The molecule has 7 atom stereocenters. The van der Waals surface area contributed by atoms with E-state index in [1.54, 1.807) is 38.6 Å². The third-order valence-corrected chi connectivity index (χ3v) is 12.6. The van der Waals surface area contributed by atoms with E-state index >= 15 is 4.79 Å². The minimum absolute atomic E-state index is 0.00649. The second-order valence-electron chi connectivity index (χ2n) is 14.0. The average molecular weight is 666 g/mol. The van der Waals surface area contributed by atoms with E-state index in [1.807, 2.05) is 72.8 Å². The number of aliphatic hydroxyl groups excluding tert-OH is 1. The molecule has 252 valence electrons. The van der Waals surface area contributed by atoms with E-state index in [-0.39, 0.29) is 48.0 Å². The Bertz CT molecular complexity index is 1690. The fourth-order valence-electron chi connectivity index (χ4n) is 8.58. The van der Waals surface area contributed by atoms with E-state index in [1.165, 1.54) is 0 Å². The van der Waals surface area contributed by atoms with Gasteiger partial charge in [0.1, 0.15) is 6.04 Å². The largest absolute Gasteiger partial charge is 0.394 e. The maximum Gasteiger partial charge on any atom is 0.251 e. The third kappa shape index (κ3) is 5.77. The number of carbonyl (C=O) groups is 3. The summed E-state index contributed by atoms with van der Waals surface area (Å²) in [6.45, 7) is 14.9. The zero-order chi connectivity index (χ0) is 34.2. The average Bonchev–Trinajstić information content (AvgIpc) is 3.69. The highest BCUT2D eigenvalue weighted by molar-refractivity contribution is 8.02. The van der Waals surface area contributed by atoms with Gasteiger partial charge in [-0.2, -0.15) is 0 Å². The van der Waals surface area contributed by atoms with Crippen LogP contribution in [-0.4, -0.2) is 74.4 Å². The summed E-state index contributed by atoms with van der Waals surface area (Å²) in [6.07, 6.45) is 4.73. The Morgan fingerprint density at radius 2 is 1.69 bits per heavy atom. The molecule has 1 N–H and O–H groups in total. The van der Waals surface area contributed by atoms with E-state index in [0.717, 1.165) is 28.4 Å². The van der Waals surface area contributed by atoms with Crippen LogP contribution in [0.2, 0.25) is 0 Å². The van der Waals surface area contributed by atoms with Crippen molar-refractivity contribution in [1.29, 1.82) is 0 Å². The zero-order valence-electron chi connectivity index (χ0n) is 28.2. The molecular weight excluding hydrogens is 619 g/mol. The van der Waals surface area contributed by atoms with Crippen molar-refractivity contribution >= 4 is 45.9 Å². The molecule has 8 heteroatoms. The summed E-state index contributed by atoms with van der Waals surface area (Å²) in [5, 5.41) is 12.8. The number of rotatable bonds is 13. The van der Waals surface area contributed by atoms with Crippen molar-refractivity contribution < 1.29 is 19.5 Å². The summed E-state index contributed by atoms with van der Waals surface area (Å²) in [6, 6.07) is 22.5. The van der Waals surface area contributed by atoms with Gasteiger partial charge < -0.3 is 19.8 Å². The topological polar surface area (TPSA) is 81.2 Å². The number of anilines is 1. The molecule has 3 aromatic rings. The third-order valence-electron chi connectivity index (χ3n) is 10.5. The summed E-state index contributed by atoms with van der Waals surface area (Å²) in [5.74, 6) is -1.52. The Balaban J connectivity index is 1.44. The lowest BCUT2D eigenvalue weighted by atomic mass is 9.65. The highest BCUT2D eigenvalue weighted by atomic mass is 32.2. The quantitative estimate of drug-likeness (QED) is 0.216. The van der Waals surface area contributed by atoms with Crippen LogP contribution < -0.4 is 4.90 Å². The van der Waals surface area contributed by atoms with Crippen molar-refractivity contribution in [3.8, 4) is 0 Å². The van der Waals surface area contributed by atoms with Gasteiger partial charge in [-0.05, 0) is 53.1 Å². The molecule has 0 radical (unpaired) electrons. The summed E-state index contributed by atoms with van der Waals surface area (Å²) >= 11 is 1.67. The Kier molecular flexibility index (Phi) is 9.86. The normalized spacial score (nSPS) is 26.5. The predicted octanol–water partition coefficient (Wildman–Crippen LogP) is 6.32. The highest BCUT2D eigenvalue weighted by Crippen LogP contribution is 2.69. The van der Waals surface area contributed by atoms with Crippen LogP contribution in [0.4, 0.5) is 5.69 Å². The number of aliphatic hydroxyl groups is 1. The molecule has 2 bridgehead atoms. The number of thioether (sulfide) groups is 1. The molecule has 3 heterocycles. The SMILES string of the molecule is C=CCN(Cc1ccccc1)C(=O)[C@@H]1[C@H]2C(=O)N([C@@H](CO)CC(C)C)C(C(=O)N(CC=C)c3ccc4ccccc4c3)C23S[C@@H]1CC3C. The minimum Gasteiger partial charge on any atom is -0.394 e. The molecule has 3 amide bonds. The van der Waals surface area contributed by atoms with Crippen LogP contribution in [-0.2, 0) is 20.9 Å². The fourth-order valence-corrected chi connectivity index (χ4v) is 11.0. The van der Waals surface area contributed by atoms with E-state index in [4.69, 9.17) is 0 Å². The number of carbonyl (C=O) groups excluding carboxylic acids is 3. The van der Waals surface area contributed by atoms with Crippen molar-refractivity contribution in [2.45, 2.75) is 62.2 Å². The number of hydrogen-bond acceptors (Lipinski definition) is 5. The second kappa shape index (κ2) is 13.9. The van der Waals surface area contributed by atoms with Crippen molar-refractivity contribution in [1.82, 2.24) is 9.80 Å². The van der Waals surface area contributed by atoms with Gasteiger partial charge in [-0.1, -0.05) is 93.6 Å². The standard InChI is InChI=1S/C40H47N3O4S/c1-6-19-41(24-28-13-9-8-10-14-28)37(45)34-33-22-27(5)40(48-33)35(34)38(46)43(32(25-44)21-26(3)4)36(40)39(47)42(20-7-2)31-18-17-29-15-11-12-16-30(29)23-31/h6-18,23,26-27,32-36,44H,1-2,19-22,24-25H2,3-5H3/t27?,32-,33-,34+,35+,36?,40?/m1/s1. The number of fused-ring (bicyclic) bond motifs is 2. The molecule has 1 spiro atoms. The molecule has 6 rings (SSSR count). The van der Waals surface area contributed by atoms with Crippen LogP contribution in [0.3, 0.4) is 0 Å². The van der Waals surface area contributed by atoms with Gasteiger partial charge in [0.25, 0.3) is 5.91 Å². The molecule has 3 aliphatic rings. The maximum atomic E-state index is 15.2. The number of hydrogen-bond donors (Lipinski definition) is 1. The first kappa shape index (κ1) is 34.0. The van der Waals surface area contributed by atoms with E-state index in [9.17, 15) is 14.7 Å². The van der Waals surface area contributed by atoms with Crippen LogP contribution in [0.5, 0.6) is 0 Å². The Labute approximate surface area is 288 Å². The van der Waals surface area contributed by atoms with Gasteiger partial charge in [-0.25, -0.2) is 0 Å². The number of amides is 3. The summed E-state index contributed by atoms with van der Waals surface area (Å²) in [5.41, 5.74) is 1.74. The van der Waals surface area contributed by atoms with Crippen LogP contribution in [0.1, 0.15) is 39.2 Å². The lowest BCUT2D eigenvalue weighted by molar-refractivity contribution is -0.146. The summed E-state index contributed by atoms with van der Waals surface area (Å²) < 4.78 is -0.813. The zero-order valence-corrected chi connectivity index (χ0v) is 29.0. The van der Waals surface area contributed by atoms with Gasteiger partial charge in [0.15, 0.2) is 0 Å². The number of benzene rings is 3. The lowest BCUT2D eigenvalue weighted by Gasteiger charge is -2.42. The van der Waals surface area contributed by atoms with Gasteiger partial charge in [-0.15, -0.1) is 24.9 Å². The highest BCUT2D eigenvalue weighted by Gasteiger charge is 2.77. The Morgan fingerprint density at radius 1 is 1.00 bits per heavy atom.